The fourth-order valence-electron chi connectivity index (χ4n) is 3.70. The first kappa shape index (κ1) is 20.1. The Labute approximate surface area is 167 Å². The molecule has 2 aromatic rings. The van der Waals surface area contributed by atoms with Gasteiger partial charge in [-0.15, -0.1) is 0 Å². The topological polar surface area (TPSA) is 61.4 Å². The van der Waals surface area contributed by atoms with Crippen molar-refractivity contribution in [2.45, 2.75) is 32.2 Å². The molecule has 28 heavy (non-hydrogen) atoms. The highest BCUT2D eigenvalue weighted by molar-refractivity contribution is 5.95. The third-order valence-corrected chi connectivity index (χ3v) is 5.29. The fourth-order valence-corrected chi connectivity index (χ4v) is 3.70. The molecule has 1 heterocycles. The molecule has 0 aromatic heterocycles. The van der Waals surface area contributed by atoms with Gasteiger partial charge in [0.15, 0.2) is 0 Å². The number of rotatable bonds is 8. The molecule has 0 saturated carbocycles. The van der Waals surface area contributed by atoms with Crippen LogP contribution in [-0.4, -0.2) is 42.9 Å². The first-order valence-electron chi connectivity index (χ1n) is 10.0. The van der Waals surface area contributed by atoms with Crippen LogP contribution in [0, 0.1) is 6.92 Å². The lowest BCUT2D eigenvalue weighted by Crippen LogP contribution is -2.38. The SMILES string of the molecule is Cc1ccccc1C(=O)NCCC(=O)NCC(c1ccccc1)N1CCCC1. The van der Waals surface area contributed by atoms with Gasteiger partial charge >= 0.3 is 0 Å². The van der Waals surface area contributed by atoms with Crippen molar-refractivity contribution in [3.05, 3.63) is 71.3 Å². The van der Waals surface area contributed by atoms with Crippen molar-refractivity contribution >= 4 is 11.8 Å². The van der Waals surface area contributed by atoms with Crippen LogP contribution in [0.5, 0.6) is 0 Å². The number of hydrogen-bond donors (Lipinski definition) is 2. The van der Waals surface area contributed by atoms with Crippen molar-refractivity contribution in [1.29, 1.82) is 0 Å². The zero-order chi connectivity index (χ0) is 19.8. The molecule has 2 amide bonds. The van der Waals surface area contributed by atoms with E-state index in [0.29, 0.717) is 18.7 Å². The number of carbonyl (C=O) groups excluding carboxylic acids is 2. The van der Waals surface area contributed by atoms with Crippen molar-refractivity contribution in [1.82, 2.24) is 15.5 Å². The Morgan fingerprint density at radius 2 is 1.64 bits per heavy atom. The maximum Gasteiger partial charge on any atom is 0.251 e. The first-order valence-corrected chi connectivity index (χ1v) is 10.0. The summed E-state index contributed by atoms with van der Waals surface area (Å²) in [5.41, 5.74) is 2.82. The lowest BCUT2D eigenvalue weighted by molar-refractivity contribution is -0.121. The summed E-state index contributed by atoms with van der Waals surface area (Å²) in [7, 11) is 0. The molecule has 0 aliphatic carbocycles. The van der Waals surface area contributed by atoms with E-state index in [9.17, 15) is 9.59 Å². The summed E-state index contributed by atoms with van der Waals surface area (Å²) >= 11 is 0. The van der Waals surface area contributed by atoms with Gasteiger partial charge in [0.05, 0.1) is 6.04 Å². The van der Waals surface area contributed by atoms with Gasteiger partial charge < -0.3 is 10.6 Å². The third kappa shape index (κ3) is 5.42. The van der Waals surface area contributed by atoms with Gasteiger partial charge in [-0.2, -0.15) is 0 Å². The quantitative estimate of drug-likeness (QED) is 0.741. The fraction of sp³-hybridized carbons (Fsp3) is 0.391. The molecule has 2 N–H and O–H groups in total. The number of likely N-dealkylation sites (tertiary alicyclic amines) is 1. The standard InChI is InChI=1S/C23H29N3O2/c1-18-9-5-6-12-20(18)23(28)24-14-13-22(27)25-17-21(26-15-7-8-16-26)19-10-3-2-4-11-19/h2-6,9-12,21H,7-8,13-17H2,1H3,(H,24,28)(H,25,27). The van der Waals surface area contributed by atoms with Gasteiger partial charge in [0.1, 0.15) is 0 Å². The van der Waals surface area contributed by atoms with E-state index in [1.54, 1.807) is 6.07 Å². The normalized spacial score (nSPS) is 15.2. The number of benzene rings is 2. The molecule has 1 unspecified atom stereocenters. The molecule has 0 spiro atoms. The Morgan fingerprint density at radius 1 is 0.964 bits per heavy atom. The summed E-state index contributed by atoms with van der Waals surface area (Å²) in [6.07, 6.45) is 2.70. The van der Waals surface area contributed by atoms with E-state index in [0.717, 1.165) is 18.7 Å². The van der Waals surface area contributed by atoms with Crippen LogP contribution in [0.25, 0.3) is 0 Å². The van der Waals surface area contributed by atoms with E-state index < -0.39 is 0 Å². The number of aryl methyl sites for hydroxylation is 1. The number of amides is 2. The molecule has 1 aliphatic rings. The largest absolute Gasteiger partial charge is 0.354 e. The second-order valence-electron chi connectivity index (χ2n) is 7.29. The second-order valence-corrected chi connectivity index (χ2v) is 7.29. The van der Waals surface area contributed by atoms with Crippen LogP contribution >= 0.6 is 0 Å². The van der Waals surface area contributed by atoms with E-state index in [-0.39, 0.29) is 24.3 Å². The van der Waals surface area contributed by atoms with Crippen LogP contribution in [0.15, 0.2) is 54.6 Å². The number of nitrogens with one attached hydrogen (secondary N) is 2. The Morgan fingerprint density at radius 3 is 2.36 bits per heavy atom. The Hall–Kier alpha value is -2.66. The summed E-state index contributed by atoms with van der Waals surface area (Å²) < 4.78 is 0. The molecule has 1 fully saturated rings. The maximum absolute atomic E-state index is 12.3. The molecule has 5 nitrogen and oxygen atoms in total. The van der Waals surface area contributed by atoms with Crippen molar-refractivity contribution < 1.29 is 9.59 Å². The zero-order valence-electron chi connectivity index (χ0n) is 16.5. The molecule has 5 heteroatoms. The Bertz CT molecular complexity index is 785. The van der Waals surface area contributed by atoms with Crippen LogP contribution in [0.2, 0.25) is 0 Å². The molecular formula is C23H29N3O2. The second kappa shape index (κ2) is 10.0. The minimum absolute atomic E-state index is 0.0368. The van der Waals surface area contributed by atoms with E-state index in [1.807, 2.05) is 43.3 Å². The van der Waals surface area contributed by atoms with Crippen LogP contribution in [0.1, 0.15) is 46.8 Å². The summed E-state index contributed by atoms with van der Waals surface area (Å²) in [5.74, 6) is -0.171. The Kier molecular flexibility index (Phi) is 7.20. The van der Waals surface area contributed by atoms with Crippen molar-refractivity contribution in [3.63, 3.8) is 0 Å². The molecule has 0 bridgehead atoms. The number of hydrogen-bond acceptors (Lipinski definition) is 3. The van der Waals surface area contributed by atoms with E-state index in [2.05, 4.69) is 27.7 Å². The van der Waals surface area contributed by atoms with Gasteiger partial charge in [-0.1, -0.05) is 48.5 Å². The lowest BCUT2D eigenvalue weighted by Gasteiger charge is -2.28. The van der Waals surface area contributed by atoms with Crippen LogP contribution < -0.4 is 10.6 Å². The summed E-state index contributed by atoms with van der Waals surface area (Å²) in [4.78, 5) is 27.0. The van der Waals surface area contributed by atoms with E-state index in [4.69, 9.17) is 0 Å². The highest BCUT2D eigenvalue weighted by Gasteiger charge is 2.23. The average Bonchev–Trinajstić information content (AvgIpc) is 3.24. The number of nitrogens with zero attached hydrogens (tertiary/aromatic N) is 1. The van der Waals surface area contributed by atoms with Gasteiger partial charge in [-0.3, -0.25) is 14.5 Å². The van der Waals surface area contributed by atoms with Crippen LogP contribution in [0.4, 0.5) is 0 Å². The predicted molar refractivity (Wildman–Crippen MR) is 111 cm³/mol. The Balaban J connectivity index is 1.47. The van der Waals surface area contributed by atoms with Crippen LogP contribution in [-0.2, 0) is 4.79 Å². The van der Waals surface area contributed by atoms with E-state index >= 15 is 0 Å². The third-order valence-electron chi connectivity index (χ3n) is 5.29. The molecule has 1 saturated heterocycles. The molecule has 2 aromatic carbocycles. The predicted octanol–water partition coefficient (Wildman–Crippen LogP) is 3.07. The first-order chi connectivity index (χ1) is 13.6. The highest BCUT2D eigenvalue weighted by Crippen LogP contribution is 2.24. The molecular weight excluding hydrogens is 350 g/mol. The summed E-state index contributed by atoms with van der Waals surface area (Å²) in [5, 5.41) is 5.89. The summed E-state index contributed by atoms with van der Waals surface area (Å²) in [6.45, 7) is 4.97. The van der Waals surface area contributed by atoms with Crippen molar-refractivity contribution in [2.75, 3.05) is 26.2 Å². The zero-order valence-corrected chi connectivity index (χ0v) is 16.5. The smallest absolute Gasteiger partial charge is 0.251 e. The van der Waals surface area contributed by atoms with Crippen molar-refractivity contribution in [2.24, 2.45) is 0 Å². The van der Waals surface area contributed by atoms with E-state index in [1.165, 1.54) is 18.4 Å². The highest BCUT2D eigenvalue weighted by atomic mass is 16.2. The minimum atomic E-state index is -0.134. The van der Waals surface area contributed by atoms with Crippen LogP contribution in [0.3, 0.4) is 0 Å². The van der Waals surface area contributed by atoms with Gasteiger partial charge in [-0.05, 0) is 50.0 Å². The molecule has 1 aliphatic heterocycles. The average molecular weight is 380 g/mol. The molecule has 1 atom stereocenters. The molecule has 3 rings (SSSR count). The lowest BCUT2D eigenvalue weighted by atomic mass is 10.1. The van der Waals surface area contributed by atoms with Gasteiger partial charge in [0.2, 0.25) is 5.91 Å². The summed E-state index contributed by atoms with van der Waals surface area (Å²) in [6, 6.07) is 18.0. The molecule has 148 valence electrons. The van der Waals surface area contributed by atoms with Gasteiger partial charge in [0, 0.05) is 25.1 Å². The van der Waals surface area contributed by atoms with Gasteiger partial charge in [-0.25, -0.2) is 0 Å². The minimum Gasteiger partial charge on any atom is -0.354 e. The van der Waals surface area contributed by atoms with Gasteiger partial charge in [0.25, 0.3) is 5.91 Å². The van der Waals surface area contributed by atoms with Crippen molar-refractivity contribution in [3.8, 4) is 0 Å². The maximum atomic E-state index is 12.3. The monoisotopic (exact) mass is 379 g/mol. The number of carbonyl (C=O) groups is 2. The molecule has 0 radical (unpaired) electrons.